The Morgan fingerprint density at radius 1 is 1.35 bits per heavy atom. The Morgan fingerprint density at radius 2 is 2.15 bits per heavy atom. The molecule has 0 amide bonds. The molecule has 0 aliphatic heterocycles. The van der Waals surface area contributed by atoms with Crippen LogP contribution in [0.25, 0.3) is 0 Å². The highest BCUT2D eigenvalue weighted by Gasteiger charge is 2.12. The van der Waals surface area contributed by atoms with Crippen molar-refractivity contribution in [3.05, 3.63) is 46.6 Å². The third-order valence-electron chi connectivity index (χ3n) is 2.70. The lowest BCUT2D eigenvalue weighted by Gasteiger charge is -2.20. The van der Waals surface area contributed by atoms with Crippen molar-refractivity contribution in [2.45, 2.75) is 39.5 Å². The van der Waals surface area contributed by atoms with Crippen LogP contribution >= 0.6 is 15.9 Å². The number of furan rings is 1. The minimum Gasteiger partial charge on any atom is -0.484 e. The Balaban J connectivity index is 1.95. The standard InChI is InChI=1S/C15H19BrN2O2/c1-15(2,3)18-7-11-4-5-19-14(11)10-20-13-6-12(16)8-17-9-13/h4-6,8-9,18H,7,10H2,1-3H3. The first-order chi connectivity index (χ1) is 9.44. The van der Waals surface area contributed by atoms with E-state index in [1.54, 1.807) is 18.7 Å². The molecular weight excluding hydrogens is 320 g/mol. The van der Waals surface area contributed by atoms with E-state index in [-0.39, 0.29) is 5.54 Å². The quantitative estimate of drug-likeness (QED) is 0.897. The molecule has 0 aliphatic carbocycles. The molecule has 0 radical (unpaired) electrons. The summed E-state index contributed by atoms with van der Waals surface area (Å²) >= 11 is 3.37. The van der Waals surface area contributed by atoms with Gasteiger partial charge in [0.05, 0.1) is 12.5 Å². The average molecular weight is 339 g/mol. The fourth-order valence-electron chi connectivity index (χ4n) is 1.63. The summed E-state index contributed by atoms with van der Waals surface area (Å²) in [7, 11) is 0. The minimum absolute atomic E-state index is 0.0730. The molecule has 0 saturated carbocycles. The van der Waals surface area contributed by atoms with E-state index in [4.69, 9.17) is 9.15 Å². The van der Waals surface area contributed by atoms with Gasteiger partial charge in [-0.15, -0.1) is 0 Å². The maximum absolute atomic E-state index is 5.69. The number of aromatic nitrogens is 1. The molecule has 20 heavy (non-hydrogen) atoms. The van der Waals surface area contributed by atoms with Crippen LogP contribution in [0, 0.1) is 0 Å². The maximum Gasteiger partial charge on any atom is 0.146 e. The summed E-state index contributed by atoms with van der Waals surface area (Å²) in [5.41, 5.74) is 1.19. The van der Waals surface area contributed by atoms with Gasteiger partial charge in [0.1, 0.15) is 18.1 Å². The summed E-state index contributed by atoms with van der Waals surface area (Å²) in [5.74, 6) is 1.55. The molecule has 2 rings (SSSR count). The summed E-state index contributed by atoms with van der Waals surface area (Å²) in [6.45, 7) is 7.56. The van der Waals surface area contributed by atoms with Crippen LogP contribution in [0.1, 0.15) is 32.1 Å². The molecule has 108 valence electrons. The second kappa shape index (κ2) is 6.41. The van der Waals surface area contributed by atoms with Crippen molar-refractivity contribution >= 4 is 15.9 Å². The number of hydrogen-bond donors (Lipinski definition) is 1. The van der Waals surface area contributed by atoms with Crippen molar-refractivity contribution in [2.24, 2.45) is 0 Å². The number of halogens is 1. The van der Waals surface area contributed by atoms with Gasteiger partial charge in [0.25, 0.3) is 0 Å². The van der Waals surface area contributed by atoms with Crippen LogP contribution in [0.3, 0.4) is 0 Å². The molecular formula is C15H19BrN2O2. The minimum atomic E-state index is 0.0730. The number of rotatable bonds is 5. The number of nitrogens with zero attached hydrogens (tertiary/aromatic N) is 1. The fourth-order valence-corrected chi connectivity index (χ4v) is 1.98. The molecule has 0 spiro atoms. The molecule has 4 nitrogen and oxygen atoms in total. The van der Waals surface area contributed by atoms with Crippen LogP contribution in [0.2, 0.25) is 0 Å². The Labute approximate surface area is 127 Å². The zero-order chi connectivity index (χ0) is 14.6. The van der Waals surface area contributed by atoms with E-state index in [0.29, 0.717) is 12.4 Å². The summed E-state index contributed by atoms with van der Waals surface area (Å²) in [5, 5.41) is 3.44. The van der Waals surface area contributed by atoms with E-state index in [0.717, 1.165) is 22.3 Å². The molecule has 1 N–H and O–H groups in total. The molecule has 0 bridgehead atoms. The molecule has 0 saturated heterocycles. The lowest BCUT2D eigenvalue weighted by atomic mass is 10.1. The maximum atomic E-state index is 5.69. The second-order valence-electron chi connectivity index (χ2n) is 5.60. The van der Waals surface area contributed by atoms with Gasteiger partial charge in [-0.3, -0.25) is 4.98 Å². The molecule has 0 aromatic carbocycles. The number of ether oxygens (including phenoxy) is 1. The van der Waals surface area contributed by atoms with Crippen molar-refractivity contribution in [1.29, 1.82) is 0 Å². The highest BCUT2D eigenvalue weighted by molar-refractivity contribution is 9.10. The van der Waals surface area contributed by atoms with Gasteiger partial charge < -0.3 is 14.5 Å². The van der Waals surface area contributed by atoms with Gasteiger partial charge >= 0.3 is 0 Å². The van der Waals surface area contributed by atoms with E-state index in [9.17, 15) is 0 Å². The first kappa shape index (κ1) is 15.1. The van der Waals surface area contributed by atoms with E-state index in [1.165, 1.54) is 0 Å². The van der Waals surface area contributed by atoms with E-state index < -0.39 is 0 Å². The summed E-state index contributed by atoms with van der Waals surface area (Å²) in [6, 6.07) is 3.85. The van der Waals surface area contributed by atoms with Gasteiger partial charge in [-0.25, -0.2) is 0 Å². The van der Waals surface area contributed by atoms with Crippen LogP contribution in [0.5, 0.6) is 5.75 Å². The van der Waals surface area contributed by atoms with Gasteiger partial charge in [0.2, 0.25) is 0 Å². The molecule has 2 aromatic rings. The zero-order valence-corrected chi connectivity index (χ0v) is 13.5. The average Bonchev–Trinajstić information content (AvgIpc) is 2.81. The van der Waals surface area contributed by atoms with Crippen LogP contribution < -0.4 is 10.1 Å². The Hall–Kier alpha value is -1.33. The third-order valence-corrected chi connectivity index (χ3v) is 3.13. The highest BCUT2D eigenvalue weighted by atomic mass is 79.9. The van der Waals surface area contributed by atoms with Crippen LogP contribution in [0.4, 0.5) is 0 Å². The number of pyridine rings is 1. The number of nitrogens with one attached hydrogen (secondary N) is 1. The van der Waals surface area contributed by atoms with Gasteiger partial charge in [-0.2, -0.15) is 0 Å². The summed E-state index contributed by atoms with van der Waals surface area (Å²) in [6.07, 6.45) is 5.09. The molecule has 2 aromatic heterocycles. The first-order valence-electron chi connectivity index (χ1n) is 6.48. The van der Waals surface area contributed by atoms with Crippen molar-refractivity contribution in [3.63, 3.8) is 0 Å². The smallest absolute Gasteiger partial charge is 0.146 e. The van der Waals surface area contributed by atoms with Crippen LogP contribution in [-0.2, 0) is 13.2 Å². The summed E-state index contributed by atoms with van der Waals surface area (Å²) in [4.78, 5) is 4.06. The van der Waals surface area contributed by atoms with Crippen molar-refractivity contribution in [2.75, 3.05) is 0 Å². The lowest BCUT2D eigenvalue weighted by molar-refractivity contribution is 0.266. The highest BCUT2D eigenvalue weighted by Crippen LogP contribution is 2.19. The third kappa shape index (κ3) is 4.65. The Bertz CT molecular complexity index is 561. The normalized spacial score (nSPS) is 11.6. The second-order valence-corrected chi connectivity index (χ2v) is 6.52. The van der Waals surface area contributed by atoms with E-state index in [1.807, 2.05) is 12.1 Å². The van der Waals surface area contributed by atoms with Crippen molar-refractivity contribution in [1.82, 2.24) is 10.3 Å². The number of hydrogen-bond acceptors (Lipinski definition) is 4. The van der Waals surface area contributed by atoms with Gasteiger partial charge in [0, 0.05) is 28.3 Å². The topological polar surface area (TPSA) is 47.3 Å². The monoisotopic (exact) mass is 338 g/mol. The molecule has 5 heteroatoms. The van der Waals surface area contributed by atoms with Gasteiger partial charge in [-0.1, -0.05) is 0 Å². The molecule has 0 unspecified atom stereocenters. The Kier molecular flexibility index (Phi) is 4.83. The zero-order valence-electron chi connectivity index (χ0n) is 11.9. The Morgan fingerprint density at radius 3 is 2.85 bits per heavy atom. The first-order valence-corrected chi connectivity index (χ1v) is 7.27. The predicted octanol–water partition coefficient (Wildman–Crippen LogP) is 3.90. The SMILES string of the molecule is CC(C)(C)NCc1ccoc1COc1cncc(Br)c1. The molecule has 0 aliphatic rings. The lowest BCUT2D eigenvalue weighted by Crippen LogP contribution is -2.35. The van der Waals surface area contributed by atoms with Gasteiger partial charge in [-0.05, 0) is 48.8 Å². The largest absolute Gasteiger partial charge is 0.484 e. The summed E-state index contributed by atoms with van der Waals surface area (Å²) < 4.78 is 12.1. The van der Waals surface area contributed by atoms with Gasteiger partial charge in [0.15, 0.2) is 0 Å². The van der Waals surface area contributed by atoms with Crippen LogP contribution in [0.15, 0.2) is 39.7 Å². The molecule has 2 heterocycles. The van der Waals surface area contributed by atoms with Crippen LogP contribution in [-0.4, -0.2) is 10.5 Å². The fraction of sp³-hybridized carbons (Fsp3) is 0.400. The van der Waals surface area contributed by atoms with E-state index >= 15 is 0 Å². The van der Waals surface area contributed by atoms with Crippen molar-refractivity contribution < 1.29 is 9.15 Å². The predicted molar refractivity (Wildman–Crippen MR) is 81.6 cm³/mol. The molecule has 0 atom stereocenters. The molecule has 0 fully saturated rings. The van der Waals surface area contributed by atoms with E-state index in [2.05, 4.69) is 47.0 Å². The van der Waals surface area contributed by atoms with Crippen molar-refractivity contribution in [3.8, 4) is 5.75 Å².